The van der Waals surface area contributed by atoms with Crippen LogP contribution in [-0.4, -0.2) is 9.36 Å². The van der Waals surface area contributed by atoms with Crippen molar-refractivity contribution in [1.29, 1.82) is 0 Å². The Morgan fingerprint density at radius 1 is 0.952 bits per heavy atom. The van der Waals surface area contributed by atoms with Gasteiger partial charge < -0.3 is 5.73 Å². The molecule has 0 saturated heterocycles. The number of aromatic nitrogens is 2. The maximum absolute atomic E-state index is 12.7. The Hall–Kier alpha value is -2.75. The number of nitrogen functional groups attached to an aromatic ring is 1. The molecule has 0 aliphatic carbocycles. The maximum Gasteiger partial charge on any atom is 0.277 e. The summed E-state index contributed by atoms with van der Waals surface area (Å²) in [6.07, 6.45) is 0.541. The van der Waals surface area contributed by atoms with Crippen LogP contribution in [0.4, 0.5) is 5.82 Å². The summed E-state index contributed by atoms with van der Waals surface area (Å²) in [5, 5.41) is 0. The molecule has 0 fully saturated rings. The van der Waals surface area contributed by atoms with Crippen LogP contribution in [0.2, 0.25) is 0 Å². The van der Waals surface area contributed by atoms with Crippen LogP contribution in [0.15, 0.2) is 65.5 Å². The number of para-hydroxylation sites is 1. The second-order valence-corrected chi connectivity index (χ2v) is 5.00. The van der Waals surface area contributed by atoms with Gasteiger partial charge in [0.25, 0.3) is 5.56 Å². The number of anilines is 1. The molecule has 3 rings (SSSR count). The molecule has 0 unspecified atom stereocenters. The Morgan fingerprint density at radius 3 is 2.14 bits per heavy atom. The minimum Gasteiger partial charge on any atom is -0.384 e. The first-order valence-corrected chi connectivity index (χ1v) is 6.84. The molecule has 0 aliphatic heterocycles. The first-order chi connectivity index (χ1) is 10.2. The van der Waals surface area contributed by atoms with E-state index in [1.807, 2.05) is 60.7 Å². The SMILES string of the molecule is Cn1c(N)c(Cc2ccccc2)c(=O)n1-c1ccccc1. The van der Waals surface area contributed by atoms with E-state index in [-0.39, 0.29) is 5.56 Å². The van der Waals surface area contributed by atoms with Gasteiger partial charge in [0.05, 0.1) is 11.3 Å². The standard InChI is InChI=1S/C17H17N3O/c1-19-16(18)15(12-13-8-4-2-5-9-13)17(21)20(19)14-10-6-3-7-11-14/h2-11H,12,18H2,1H3. The van der Waals surface area contributed by atoms with Crippen LogP contribution in [0.25, 0.3) is 5.69 Å². The fourth-order valence-electron chi connectivity index (χ4n) is 2.50. The molecule has 0 spiro atoms. The number of hydrogen-bond donors (Lipinski definition) is 1. The van der Waals surface area contributed by atoms with Gasteiger partial charge in [-0.05, 0) is 17.7 Å². The summed E-state index contributed by atoms with van der Waals surface area (Å²) in [4.78, 5) is 12.7. The molecule has 1 heterocycles. The summed E-state index contributed by atoms with van der Waals surface area (Å²) in [6, 6.07) is 19.4. The smallest absolute Gasteiger partial charge is 0.277 e. The zero-order valence-corrected chi connectivity index (χ0v) is 11.9. The van der Waals surface area contributed by atoms with E-state index in [9.17, 15) is 4.79 Å². The van der Waals surface area contributed by atoms with Crippen LogP contribution in [0.5, 0.6) is 0 Å². The fraction of sp³-hybridized carbons (Fsp3) is 0.118. The zero-order valence-electron chi connectivity index (χ0n) is 11.9. The second kappa shape index (κ2) is 5.32. The molecular weight excluding hydrogens is 262 g/mol. The van der Waals surface area contributed by atoms with Gasteiger partial charge in [-0.3, -0.25) is 9.48 Å². The zero-order chi connectivity index (χ0) is 14.8. The van der Waals surface area contributed by atoms with Gasteiger partial charge >= 0.3 is 0 Å². The largest absolute Gasteiger partial charge is 0.384 e. The van der Waals surface area contributed by atoms with Crippen molar-refractivity contribution in [2.24, 2.45) is 7.05 Å². The van der Waals surface area contributed by atoms with Crippen molar-refractivity contribution in [3.63, 3.8) is 0 Å². The number of rotatable bonds is 3. The second-order valence-electron chi connectivity index (χ2n) is 5.00. The molecule has 1 aromatic heterocycles. The van der Waals surface area contributed by atoms with Crippen LogP contribution in [0.3, 0.4) is 0 Å². The first kappa shape index (κ1) is 13.2. The van der Waals surface area contributed by atoms with Gasteiger partial charge in [-0.15, -0.1) is 0 Å². The Balaban J connectivity index is 2.10. The lowest BCUT2D eigenvalue weighted by atomic mass is 10.1. The Morgan fingerprint density at radius 2 is 1.52 bits per heavy atom. The van der Waals surface area contributed by atoms with Crippen LogP contribution < -0.4 is 11.3 Å². The average Bonchev–Trinajstić information content (AvgIpc) is 2.73. The predicted molar refractivity (Wildman–Crippen MR) is 84.7 cm³/mol. The first-order valence-electron chi connectivity index (χ1n) is 6.84. The van der Waals surface area contributed by atoms with Crippen molar-refractivity contribution in [2.75, 3.05) is 5.73 Å². The van der Waals surface area contributed by atoms with Gasteiger partial charge in [0.1, 0.15) is 5.82 Å². The van der Waals surface area contributed by atoms with Crippen LogP contribution >= 0.6 is 0 Å². The van der Waals surface area contributed by atoms with Crippen molar-refractivity contribution >= 4 is 5.82 Å². The van der Waals surface area contributed by atoms with Gasteiger partial charge in [0.15, 0.2) is 0 Å². The lowest BCUT2D eigenvalue weighted by molar-refractivity contribution is 0.654. The summed E-state index contributed by atoms with van der Waals surface area (Å²) in [5.74, 6) is 0.507. The van der Waals surface area contributed by atoms with E-state index in [1.165, 1.54) is 0 Å². The van der Waals surface area contributed by atoms with Crippen molar-refractivity contribution < 1.29 is 0 Å². The minimum atomic E-state index is -0.0648. The lowest BCUT2D eigenvalue weighted by Gasteiger charge is -2.07. The van der Waals surface area contributed by atoms with E-state index in [0.29, 0.717) is 17.8 Å². The third-order valence-electron chi connectivity index (χ3n) is 3.63. The van der Waals surface area contributed by atoms with E-state index in [0.717, 1.165) is 11.3 Å². The number of hydrogen-bond acceptors (Lipinski definition) is 2. The van der Waals surface area contributed by atoms with Crippen molar-refractivity contribution in [2.45, 2.75) is 6.42 Å². The number of benzene rings is 2. The van der Waals surface area contributed by atoms with Crippen LogP contribution in [0, 0.1) is 0 Å². The third kappa shape index (κ3) is 2.36. The molecule has 0 saturated carbocycles. The molecule has 4 heteroatoms. The number of nitrogens with zero attached hydrogens (tertiary/aromatic N) is 2. The highest BCUT2D eigenvalue weighted by atomic mass is 16.1. The monoisotopic (exact) mass is 279 g/mol. The maximum atomic E-state index is 12.7. The highest BCUT2D eigenvalue weighted by Crippen LogP contribution is 2.15. The van der Waals surface area contributed by atoms with Gasteiger partial charge in [0.2, 0.25) is 0 Å². The highest BCUT2D eigenvalue weighted by Gasteiger charge is 2.16. The molecule has 0 radical (unpaired) electrons. The highest BCUT2D eigenvalue weighted by molar-refractivity contribution is 5.45. The Labute approximate surface area is 123 Å². The molecule has 0 amide bonds. The Kier molecular flexibility index (Phi) is 3.36. The van der Waals surface area contributed by atoms with E-state index < -0.39 is 0 Å². The van der Waals surface area contributed by atoms with Crippen molar-refractivity contribution in [3.05, 3.63) is 82.1 Å². The van der Waals surface area contributed by atoms with Gasteiger partial charge in [-0.25, -0.2) is 4.68 Å². The summed E-state index contributed by atoms with van der Waals surface area (Å²) in [5.41, 5.74) is 8.59. The molecule has 2 aromatic carbocycles. The molecule has 2 N–H and O–H groups in total. The lowest BCUT2D eigenvalue weighted by Crippen LogP contribution is -2.21. The minimum absolute atomic E-state index is 0.0648. The van der Waals surface area contributed by atoms with E-state index >= 15 is 0 Å². The molecular formula is C17H17N3O. The molecule has 3 aromatic rings. The molecule has 0 atom stereocenters. The summed E-state index contributed by atoms with van der Waals surface area (Å²) in [7, 11) is 1.80. The van der Waals surface area contributed by atoms with E-state index in [2.05, 4.69) is 0 Å². The molecule has 4 nitrogen and oxygen atoms in total. The topological polar surface area (TPSA) is 52.9 Å². The predicted octanol–water partition coefficient (Wildman–Crippen LogP) is 2.35. The van der Waals surface area contributed by atoms with Gasteiger partial charge in [-0.2, -0.15) is 0 Å². The normalized spacial score (nSPS) is 10.7. The van der Waals surface area contributed by atoms with Gasteiger partial charge in [-0.1, -0.05) is 48.5 Å². The van der Waals surface area contributed by atoms with Crippen molar-refractivity contribution in [3.8, 4) is 5.69 Å². The molecule has 106 valence electrons. The quantitative estimate of drug-likeness (QED) is 0.800. The summed E-state index contributed by atoms with van der Waals surface area (Å²) in [6.45, 7) is 0. The average molecular weight is 279 g/mol. The number of nitrogens with two attached hydrogens (primary N) is 1. The summed E-state index contributed by atoms with van der Waals surface area (Å²) >= 11 is 0. The fourth-order valence-corrected chi connectivity index (χ4v) is 2.50. The summed E-state index contributed by atoms with van der Waals surface area (Å²) < 4.78 is 3.31. The third-order valence-corrected chi connectivity index (χ3v) is 3.63. The molecule has 21 heavy (non-hydrogen) atoms. The Bertz CT molecular complexity index is 801. The van der Waals surface area contributed by atoms with Crippen LogP contribution in [-0.2, 0) is 13.5 Å². The van der Waals surface area contributed by atoms with E-state index in [4.69, 9.17) is 5.73 Å². The van der Waals surface area contributed by atoms with E-state index in [1.54, 1.807) is 16.4 Å². The molecule has 0 bridgehead atoms. The van der Waals surface area contributed by atoms with Crippen molar-refractivity contribution in [1.82, 2.24) is 9.36 Å². The molecule has 0 aliphatic rings. The van der Waals surface area contributed by atoms with Crippen LogP contribution in [0.1, 0.15) is 11.1 Å². The van der Waals surface area contributed by atoms with Gasteiger partial charge in [0, 0.05) is 13.5 Å².